The van der Waals surface area contributed by atoms with Gasteiger partial charge in [-0.15, -0.1) is 0 Å². The van der Waals surface area contributed by atoms with Crippen molar-refractivity contribution in [3.63, 3.8) is 0 Å². The second-order valence-electron chi connectivity index (χ2n) is 8.10. The number of carboxylic acids is 1. The molecule has 7 nitrogen and oxygen atoms in total. The molecule has 0 radical (unpaired) electrons. The third kappa shape index (κ3) is 4.68. The zero-order valence-corrected chi connectivity index (χ0v) is 18.9. The summed E-state index contributed by atoms with van der Waals surface area (Å²) in [7, 11) is 0. The first kappa shape index (κ1) is 22.8. The summed E-state index contributed by atoms with van der Waals surface area (Å²) in [4.78, 5) is 24.2. The van der Waals surface area contributed by atoms with Crippen LogP contribution in [-0.2, 0) is 17.6 Å². The third-order valence-corrected chi connectivity index (χ3v) is 5.82. The van der Waals surface area contributed by atoms with E-state index in [9.17, 15) is 19.8 Å². The highest BCUT2D eigenvalue weighted by Crippen LogP contribution is 2.30. The van der Waals surface area contributed by atoms with Crippen molar-refractivity contribution < 1.29 is 19.8 Å². The molecule has 3 N–H and O–H groups in total. The zero-order valence-electron chi connectivity index (χ0n) is 18.9. The normalized spacial score (nSPS) is 14.4. The number of rotatable bonds is 7. The van der Waals surface area contributed by atoms with Gasteiger partial charge in [0.05, 0.1) is 28.2 Å². The lowest BCUT2D eigenvalue weighted by atomic mass is 10.00. The Kier molecular flexibility index (Phi) is 6.45. The predicted octanol–water partition coefficient (Wildman–Crippen LogP) is 4.90. The van der Waals surface area contributed by atoms with Crippen molar-refractivity contribution in [3.05, 3.63) is 101 Å². The molecule has 0 unspecified atom stereocenters. The molecule has 1 aliphatic rings. The van der Waals surface area contributed by atoms with Gasteiger partial charge in [0, 0.05) is 6.20 Å². The van der Waals surface area contributed by atoms with Crippen molar-refractivity contribution in [2.75, 3.05) is 10.3 Å². The maximum atomic E-state index is 13.0. The smallest absolute Gasteiger partial charge is 0.335 e. The van der Waals surface area contributed by atoms with Gasteiger partial charge >= 0.3 is 5.97 Å². The van der Waals surface area contributed by atoms with E-state index in [4.69, 9.17) is 0 Å². The molecule has 0 aliphatic carbocycles. The maximum Gasteiger partial charge on any atom is 0.335 e. The molecule has 34 heavy (non-hydrogen) atoms. The van der Waals surface area contributed by atoms with E-state index in [0.29, 0.717) is 29.1 Å². The summed E-state index contributed by atoms with van der Waals surface area (Å²) in [5.41, 5.74) is 4.99. The monoisotopic (exact) mass is 455 g/mol. The molecule has 3 aromatic rings. The number of hydrogen-bond donors (Lipinski definition) is 3. The minimum atomic E-state index is -1.08. The lowest BCUT2D eigenvalue weighted by Crippen LogP contribution is -2.22. The van der Waals surface area contributed by atoms with Crippen LogP contribution in [0.4, 0.5) is 11.4 Å². The molecule has 1 amide bonds. The Morgan fingerprint density at radius 1 is 1.00 bits per heavy atom. The summed E-state index contributed by atoms with van der Waals surface area (Å²) >= 11 is 0. The molecule has 4 rings (SSSR count). The molecule has 7 heteroatoms. The number of anilines is 2. The summed E-state index contributed by atoms with van der Waals surface area (Å²) in [5, 5.41) is 28.5. The van der Waals surface area contributed by atoms with Gasteiger partial charge in [0.25, 0.3) is 5.91 Å². The van der Waals surface area contributed by atoms with Crippen LogP contribution < -0.4 is 10.3 Å². The Morgan fingerprint density at radius 2 is 1.71 bits per heavy atom. The molecule has 0 fully saturated rings. The largest absolute Gasteiger partial charge is 0.505 e. The van der Waals surface area contributed by atoms with Crippen LogP contribution in [0.15, 0.2) is 83.6 Å². The lowest BCUT2D eigenvalue weighted by molar-refractivity contribution is -0.114. The number of nitrogens with zero attached hydrogens (tertiary/aromatic N) is 2. The number of amides is 1. The zero-order chi connectivity index (χ0) is 24.2. The van der Waals surface area contributed by atoms with E-state index in [1.165, 1.54) is 34.5 Å². The van der Waals surface area contributed by atoms with Crippen LogP contribution in [0.3, 0.4) is 0 Å². The fraction of sp³-hybridized carbons (Fsp3) is 0.148. The average Bonchev–Trinajstić information content (AvgIpc) is 3.11. The summed E-state index contributed by atoms with van der Waals surface area (Å²) in [5.74, 6) is -1.33. The third-order valence-electron chi connectivity index (χ3n) is 5.82. The van der Waals surface area contributed by atoms with E-state index in [0.717, 1.165) is 12.0 Å². The lowest BCUT2D eigenvalue weighted by Gasteiger charge is -2.13. The van der Waals surface area contributed by atoms with Crippen LogP contribution in [0.2, 0.25) is 0 Å². The minimum absolute atomic E-state index is 0.0705. The standard InChI is InChI=1S/C27H25N3O4/c1-17-7-3-4-8-19(17)13-14-20-9-6-12-24(25(20)31)28-16-23-18(2)29-30(26(23)32)22-11-5-10-21(15-22)27(33)34/h3-12,15-16,28,31H,13-14H2,1-2H3,(H,33,34)/b23-16-. The van der Waals surface area contributed by atoms with E-state index in [-0.39, 0.29) is 17.2 Å². The number of phenols is 1. The molecule has 0 aromatic heterocycles. The van der Waals surface area contributed by atoms with Crippen molar-refractivity contribution >= 4 is 29.0 Å². The molecular weight excluding hydrogens is 430 g/mol. The second kappa shape index (κ2) is 9.62. The van der Waals surface area contributed by atoms with Crippen molar-refractivity contribution in [2.24, 2.45) is 5.10 Å². The van der Waals surface area contributed by atoms with E-state index in [2.05, 4.69) is 29.5 Å². The summed E-state index contributed by atoms with van der Waals surface area (Å²) in [6.45, 7) is 3.77. The average molecular weight is 456 g/mol. The Morgan fingerprint density at radius 3 is 2.47 bits per heavy atom. The van der Waals surface area contributed by atoms with Crippen LogP contribution >= 0.6 is 0 Å². The van der Waals surface area contributed by atoms with Crippen LogP contribution in [0.5, 0.6) is 5.75 Å². The SMILES string of the molecule is CC1=NN(c2cccc(C(=O)O)c2)C(=O)/C1=C\Nc1cccc(CCc2ccccc2C)c1O. The number of hydrogen-bond acceptors (Lipinski definition) is 5. The van der Waals surface area contributed by atoms with Crippen LogP contribution in [0.25, 0.3) is 0 Å². The van der Waals surface area contributed by atoms with Crippen LogP contribution in [0, 0.1) is 6.92 Å². The number of nitrogens with one attached hydrogen (secondary N) is 1. The predicted molar refractivity (Wildman–Crippen MR) is 132 cm³/mol. The van der Waals surface area contributed by atoms with Gasteiger partial charge in [-0.2, -0.15) is 10.1 Å². The number of benzene rings is 3. The second-order valence-corrected chi connectivity index (χ2v) is 8.10. The first-order valence-corrected chi connectivity index (χ1v) is 10.9. The first-order valence-electron chi connectivity index (χ1n) is 10.9. The number of carbonyl (C=O) groups is 2. The van der Waals surface area contributed by atoms with Crippen molar-refractivity contribution in [1.29, 1.82) is 0 Å². The Balaban J connectivity index is 1.50. The molecular formula is C27H25N3O4. The number of aryl methyl sites for hydroxylation is 3. The van der Waals surface area contributed by atoms with E-state index < -0.39 is 5.97 Å². The van der Waals surface area contributed by atoms with Crippen LogP contribution in [0.1, 0.15) is 34.0 Å². The molecule has 0 saturated heterocycles. The van der Waals surface area contributed by atoms with E-state index in [1.54, 1.807) is 25.1 Å². The molecule has 0 bridgehead atoms. The fourth-order valence-corrected chi connectivity index (χ4v) is 3.85. The topological polar surface area (TPSA) is 102 Å². The molecule has 1 heterocycles. The van der Waals surface area contributed by atoms with Gasteiger partial charge in [0.1, 0.15) is 5.75 Å². The summed E-state index contributed by atoms with van der Waals surface area (Å²) in [6, 6.07) is 19.7. The van der Waals surface area contributed by atoms with Gasteiger partial charge in [-0.05, 0) is 67.6 Å². The Hall–Kier alpha value is -4.39. The summed E-state index contributed by atoms with van der Waals surface area (Å²) < 4.78 is 0. The molecule has 172 valence electrons. The quantitative estimate of drug-likeness (QED) is 0.347. The minimum Gasteiger partial charge on any atom is -0.505 e. The molecule has 0 atom stereocenters. The first-order chi connectivity index (χ1) is 16.3. The van der Waals surface area contributed by atoms with Gasteiger partial charge in [-0.3, -0.25) is 4.79 Å². The molecule has 0 spiro atoms. The van der Waals surface area contributed by atoms with Gasteiger partial charge in [0.15, 0.2) is 0 Å². The number of hydrazone groups is 1. The number of phenolic OH excluding ortho intramolecular Hbond substituents is 1. The molecule has 0 saturated carbocycles. The van der Waals surface area contributed by atoms with Gasteiger partial charge < -0.3 is 15.5 Å². The van der Waals surface area contributed by atoms with Gasteiger partial charge in [-0.1, -0.05) is 42.5 Å². The van der Waals surface area contributed by atoms with Gasteiger partial charge in [0.2, 0.25) is 0 Å². The van der Waals surface area contributed by atoms with Gasteiger partial charge in [-0.25, -0.2) is 4.79 Å². The van der Waals surface area contributed by atoms with Crippen molar-refractivity contribution in [1.82, 2.24) is 0 Å². The highest BCUT2D eigenvalue weighted by Gasteiger charge is 2.29. The number of carboxylic acid groups (broad SMARTS) is 1. The fourth-order valence-electron chi connectivity index (χ4n) is 3.85. The van der Waals surface area contributed by atoms with Crippen LogP contribution in [-0.4, -0.2) is 27.8 Å². The van der Waals surface area contributed by atoms with Crippen molar-refractivity contribution in [3.8, 4) is 5.75 Å². The Labute approximate surface area is 197 Å². The molecule has 1 aliphatic heterocycles. The summed E-state index contributed by atoms with van der Waals surface area (Å²) in [6.07, 6.45) is 3.00. The molecule has 3 aromatic carbocycles. The van der Waals surface area contributed by atoms with E-state index in [1.807, 2.05) is 24.3 Å². The van der Waals surface area contributed by atoms with E-state index >= 15 is 0 Å². The number of aromatic carboxylic acids is 1. The Bertz CT molecular complexity index is 1330. The number of aromatic hydroxyl groups is 1. The number of carbonyl (C=O) groups excluding carboxylic acids is 1. The van der Waals surface area contributed by atoms with Crippen molar-refractivity contribution in [2.45, 2.75) is 26.7 Å². The highest BCUT2D eigenvalue weighted by molar-refractivity contribution is 6.29. The maximum absolute atomic E-state index is 13.0. The highest BCUT2D eigenvalue weighted by atomic mass is 16.4. The number of para-hydroxylation sites is 1.